The van der Waals surface area contributed by atoms with Gasteiger partial charge in [-0.05, 0) is 42.8 Å². The van der Waals surface area contributed by atoms with Crippen LogP contribution in [0.3, 0.4) is 0 Å². The molecule has 26 heavy (non-hydrogen) atoms. The van der Waals surface area contributed by atoms with Crippen molar-refractivity contribution in [3.05, 3.63) is 70.1 Å². The number of aryl methyl sites for hydroxylation is 1. The van der Waals surface area contributed by atoms with Crippen LogP contribution in [0.25, 0.3) is 11.0 Å². The molecule has 0 spiro atoms. The Hall–Kier alpha value is -2.67. The standard InChI is InChI=1S/C19H15F2NO3S/c1-11-8-19(24)25-17-9-12(2-4-14(11)17)22-18(23)6-7-26-13-3-5-15(20)16(21)10-13/h2-5,8-10H,6-7H2,1H3,(H,22,23). The highest BCUT2D eigenvalue weighted by molar-refractivity contribution is 7.99. The Labute approximate surface area is 152 Å². The molecule has 0 fully saturated rings. The molecule has 0 saturated carbocycles. The molecule has 0 unspecified atom stereocenters. The van der Waals surface area contributed by atoms with E-state index in [-0.39, 0.29) is 12.3 Å². The lowest BCUT2D eigenvalue weighted by Gasteiger charge is -2.07. The van der Waals surface area contributed by atoms with Gasteiger partial charge in [-0.25, -0.2) is 13.6 Å². The molecule has 1 heterocycles. The van der Waals surface area contributed by atoms with Crippen molar-refractivity contribution in [1.82, 2.24) is 0 Å². The van der Waals surface area contributed by atoms with Gasteiger partial charge in [0.05, 0.1) is 0 Å². The molecule has 4 nitrogen and oxygen atoms in total. The number of thioether (sulfide) groups is 1. The van der Waals surface area contributed by atoms with Crippen molar-refractivity contribution in [2.75, 3.05) is 11.1 Å². The quantitative estimate of drug-likeness (QED) is 0.527. The van der Waals surface area contributed by atoms with E-state index in [0.717, 1.165) is 23.1 Å². The number of anilines is 1. The molecule has 0 aliphatic heterocycles. The van der Waals surface area contributed by atoms with Gasteiger partial charge in [0.1, 0.15) is 5.58 Å². The Balaban J connectivity index is 1.60. The molecule has 2 aromatic carbocycles. The minimum absolute atomic E-state index is 0.194. The van der Waals surface area contributed by atoms with Crippen molar-refractivity contribution in [1.29, 1.82) is 0 Å². The molecule has 1 amide bonds. The van der Waals surface area contributed by atoms with Gasteiger partial charge in [-0.1, -0.05) is 0 Å². The second-order valence-corrected chi connectivity index (χ2v) is 6.85. The lowest BCUT2D eigenvalue weighted by atomic mass is 10.1. The number of carbonyl (C=O) groups is 1. The summed E-state index contributed by atoms with van der Waals surface area (Å²) >= 11 is 1.26. The minimum Gasteiger partial charge on any atom is -0.423 e. The van der Waals surface area contributed by atoms with Gasteiger partial charge in [0.2, 0.25) is 5.91 Å². The molecule has 0 atom stereocenters. The average Bonchev–Trinajstić information content (AvgIpc) is 2.57. The number of benzene rings is 2. The zero-order valence-electron chi connectivity index (χ0n) is 13.8. The number of amides is 1. The van der Waals surface area contributed by atoms with Gasteiger partial charge in [0.25, 0.3) is 0 Å². The number of hydrogen-bond donors (Lipinski definition) is 1. The fourth-order valence-electron chi connectivity index (χ4n) is 2.45. The largest absolute Gasteiger partial charge is 0.423 e. The van der Waals surface area contributed by atoms with Crippen LogP contribution in [-0.2, 0) is 4.79 Å². The van der Waals surface area contributed by atoms with E-state index in [2.05, 4.69) is 5.32 Å². The number of fused-ring (bicyclic) bond motifs is 1. The van der Waals surface area contributed by atoms with E-state index in [0.29, 0.717) is 21.9 Å². The van der Waals surface area contributed by atoms with Gasteiger partial charge >= 0.3 is 5.63 Å². The first-order chi connectivity index (χ1) is 12.4. The third kappa shape index (κ3) is 4.29. The van der Waals surface area contributed by atoms with E-state index in [1.54, 1.807) is 18.2 Å². The molecule has 3 aromatic rings. The van der Waals surface area contributed by atoms with Crippen LogP contribution in [-0.4, -0.2) is 11.7 Å². The van der Waals surface area contributed by atoms with Crippen molar-refractivity contribution in [3.8, 4) is 0 Å². The Kier molecular flexibility index (Phi) is 5.37. The fourth-order valence-corrected chi connectivity index (χ4v) is 3.33. The summed E-state index contributed by atoms with van der Waals surface area (Å²) in [6.45, 7) is 1.81. The third-order valence-electron chi connectivity index (χ3n) is 3.72. The maximum atomic E-state index is 13.1. The maximum absolute atomic E-state index is 13.1. The van der Waals surface area contributed by atoms with Crippen LogP contribution in [0.2, 0.25) is 0 Å². The summed E-state index contributed by atoms with van der Waals surface area (Å²) in [5.41, 5.74) is 1.29. The van der Waals surface area contributed by atoms with Crippen LogP contribution < -0.4 is 10.9 Å². The second-order valence-electron chi connectivity index (χ2n) is 5.68. The van der Waals surface area contributed by atoms with Crippen molar-refractivity contribution in [3.63, 3.8) is 0 Å². The zero-order valence-corrected chi connectivity index (χ0v) is 14.7. The summed E-state index contributed by atoms with van der Waals surface area (Å²) in [5, 5.41) is 3.53. The molecular weight excluding hydrogens is 360 g/mol. The predicted octanol–water partition coefficient (Wildman–Crippen LogP) is 4.50. The van der Waals surface area contributed by atoms with Gasteiger partial charge in [0, 0.05) is 40.3 Å². The van der Waals surface area contributed by atoms with Crippen molar-refractivity contribution in [2.45, 2.75) is 18.2 Å². The second kappa shape index (κ2) is 7.70. The molecule has 0 saturated heterocycles. The number of hydrogen-bond acceptors (Lipinski definition) is 4. The molecular formula is C19H15F2NO3S. The molecule has 0 radical (unpaired) electrons. The zero-order chi connectivity index (χ0) is 18.7. The van der Waals surface area contributed by atoms with E-state index in [1.165, 1.54) is 23.9 Å². The lowest BCUT2D eigenvalue weighted by molar-refractivity contribution is -0.115. The van der Waals surface area contributed by atoms with Crippen molar-refractivity contribution >= 4 is 34.3 Å². The van der Waals surface area contributed by atoms with Crippen LogP contribution >= 0.6 is 11.8 Å². The SMILES string of the molecule is Cc1cc(=O)oc2cc(NC(=O)CCSc3ccc(F)c(F)c3)ccc12. The number of halogens is 2. The number of carbonyl (C=O) groups excluding carboxylic acids is 1. The van der Waals surface area contributed by atoms with E-state index in [4.69, 9.17) is 4.42 Å². The Bertz CT molecular complexity index is 1030. The Morgan fingerprint density at radius 3 is 2.69 bits per heavy atom. The first-order valence-corrected chi connectivity index (χ1v) is 8.83. The van der Waals surface area contributed by atoms with Gasteiger partial charge in [-0.2, -0.15) is 0 Å². The highest BCUT2D eigenvalue weighted by Gasteiger charge is 2.08. The Morgan fingerprint density at radius 2 is 1.92 bits per heavy atom. The van der Waals surface area contributed by atoms with E-state index in [9.17, 15) is 18.4 Å². The summed E-state index contributed by atoms with van der Waals surface area (Å²) in [6, 6.07) is 10.2. The topological polar surface area (TPSA) is 59.3 Å². The van der Waals surface area contributed by atoms with Gasteiger partial charge in [-0.15, -0.1) is 11.8 Å². The van der Waals surface area contributed by atoms with Crippen LogP contribution in [0, 0.1) is 18.6 Å². The Morgan fingerprint density at radius 1 is 1.12 bits per heavy atom. The summed E-state index contributed by atoms with van der Waals surface area (Å²) < 4.78 is 31.2. The molecule has 134 valence electrons. The normalized spacial score (nSPS) is 10.9. The van der Waals surface area contributed by atoms with E-state index < -0.39 is 17.3 Å². The van der Waals surface area contributed by atoms with Gasteiger partial charge in [0.15, 0.2) is 11.6 Å². The van der Waals surface area contributed by atoms with Crippen LogP contribution in [0.5, 0.6) is 0 Å². The third-order valence-corrected chi connectivity index (χ3v) is 4.72. The van der Waals surface area contributed by atoms with Gasteiger partial charge in [-0.3, -0.25) is 4.79 Å². The monoisotopic (exact) mass is 375 g/mol. The van der Waals surface area contributed by atoms with Crippen LogP contribution in [0.4, 0.5) is 14.5 Å². The molecule has 1 aromatic heterocycles. The highest BCUT2D eigenvalue weighted by atomic mass is 32.2. The molecule has 0 aliphatic rings. The number of rotatable bonds is 5. The summed E-state index contributed by atoms with van der Waals surface area (Å²) in [7, 11) is 0. The average molecular weight is 375 g/mol. The molecule has 3 rings (SSSR count). The molecule has 0 bridgehead atoms. The van der Waals surface area contributed by atoms with E-state index in [1.807, 2.05) is 6.92 Å². The first-order valence-electron chi connectivity index (χ1n) is 7.84. The van der Waals surface area contributed by atoms with Gasteiger partial charge < -0.3 is 9.73 Å². The summed E-state index contributed by atoms with van der Waals surface area (Å²) in [5.74, 6) is -1.62. The molecule has 0 aliphatic carbocycles. The van der Waals surface area contributed by atoms with E-state index >= 15 is 0 Å². The summed E-state index contributed by atoms with van der Waals surface area (Å²) in [6.07, 6.45) is 0.194. The highest BCUT2D eigenvalue weighted by Crippen LogP contribution is 2.23. The van der Waals surface area contributed by atoms with Crippen molar-refractivity contribution < 1.29 is 18.0 Å². The van der Waals surface area contributed by atoms with Crippen molar-refractivity contribution in [2.24, 2.45) is 0 Å². The minimum atomic E-state index is -0.910. The first kappa shape index (κ1) is 18.1. The summed E-state index contributed by atoms with van der Waals surface area (Å²) in [4.78, 5) is 24.0. The smallest absolute Gasteiger partial charge is 0.336 e. The fraction of sp³-hybridized carbons (Fsp3) is 0.158. The molecule has 7 heteroatoms. The maximum Gasteiger partial charge on any atom is 0.336 e. The predicted molar refractivity (Wildman–Crippen MR) is 97.5 cm³/mol. The lowest BCUT2D eigenvalue weighted by Crippen LogP contribution is -2.12. The van der Waals surface area contributed by atoms with Crippen LogP contribution in [0.1, 0.15) is 12.0 Å². The van der Waals surface area contributed by atoms with Crippen LogP contribution in [0.15, 0.2) is 56.6 Å². The number of nitrogens with one attached hydrogen (secondary N) is 1. The molecule has 1 N–H and O–H groups in total.